The Bertz CT molecular complexity index is 742. The summed E-state index contributed by atoms with van der Waals surface area (Å²) < 4.78 is 10.2. The van der Waals surface area contributed by atoms with Crippen molar-refractivity contribution >= 4 is 24.1 Å². The van der Waals surface area contributed by atoms with Crippen molar-refractivity contribution in [2.45, 2.75) is 51.9 Å². The van der Waals surface area contributed by atoms with Gasteiger partial charge in [0.2, 0.25) is 5.96 Å². The second-order valence-corrected chi connectivity index (χ2v) is 7.34. The van der Waals surface area contributed by atoms with Gasteiger partial charge in [0.1, 0.15) is 18.2 Å². The van der Waals surface area contributed by atoms with E-state index in [1.807, 2.05) is 18.2 Å². The molecule has 9 heteroatoms. The van der Waals surface area contributed by atoms with E-state index in [9.17, 15) is 14.4 Å². The average Bonchev–Trinajstić information content (AvgIpc) is 2.61. The Morgan fingerprint density at radius 3 is 2.61 bits per heavy atom. The van der Waals surface area contributed by atoms with Gasteiger partial charge in [0.05, 0.1) is 0 Å². The highest BCUT2D eigenvalue weighted by atomic mass is 16.6. The normalized spacial score (nSPS) is 17.8. The number of nitrogens with zero attached hydrogens (tertiary/aromatic N) is 2. The second-order valence-electron chi connectivity index (χ2n) is 7.34. The van der Waals surface area contributed by atoms with E-state index in [0.717, 1.165) is 10.5 Å². The molecule has 0 unspecified atom stereocenters. The number of piperidine rings is 1. The topological polar surface area (TPSA) is 123 Å². The molecule has 1 aliphatic rings. The number of nitrogens with one attached hydrogen (secondary N) is 1. The van der Waals surface area contributed by atoms with Crippen LogP contribution in [0.3, 0.4) is 0 Å². The molecule has 1 fully saturated rings. The maximum Gasteiger partial charge on any atom is 0.437 e. The van der Waals surface area contributed by atoms with E-state index < -0.39 is 29.7 Å². The molecule has 0 bridgehead atoms. The molecule has 1 aliphatic heterocycles. The van der Waals surface area contributed by atoms with Crippen LogP contribution in [-0.4, -0.2) is 47.1 Å². The lowest BCUT2D eigenvalue weighted by atomic mass is 10.1. The second kappa shape index (κ2) is 9.20. The molecule has 1 heterocycles. The largest absolute Gasteiger partial charge is 0.444 e. The molecular weight excluding hydrogens is 364 g/mol. The van der Waals surface area contributed by atoms with E-state index in [4.69, 9.17) is 15.2 Å². The highest BCUT2D eigenvalue weighted by Gasteiger charge is 2.33. The van der Waals surface area contributed by atoms with Crippen LogP contribution in [0.2, 0.25) is 0 Å². The molecule has 0 radical (unpaired) electrons. The standard InChI is InChI=1S/C19H26N4O5/c1-19(2,3)28-18(26)21-14-10-7-11-23(15(14)24)16(20)22-17(25)27-12-13-8-5-4-6-9-13/h4-6,8-9,14H,7,10-12H2,1-3H3,(H,21,26)(H2,20,22,25)/t14-/m0/s1. The van der Waals surface area contributed by atoms with Gasteiger partial charge >= 0.3 is 12.2 Å². The first-order valence-electron chi connectivity index (χ1n) is 9.01. The number of carbonyl (C=O) groups excluding carboxylic acids is 3. The minimum atomic E-state index is -0.892. The number of carbonyl (C=O) groups is 3. The monoisotopic (exact) mass is 390 g/mol. The molecule has 1 atom stereocenters. The molecule has 152 valence electrons. The zero-order valence-corrected chi connectivity index (χ0v) is 16.3. The third-order valence-electron chi connectivity index (χ3n) is 3.82. The molecular formula is C19H26N4O5. The third-order valence-corrected chi connectivity index (χ3v) is 3.82. The Balaban J connectivity index is 1.93. The summed E-state index contributed by atoms with van der Waals surface area (Å²) in [4.78, 5) is 41.1. The number of likely N-dealkylation sites (tertiary alicyclic amines) is 1. The first-order chi connectivity index (χ1) is 13.2. The predicted octanol–water partition coefficient (Wildman–Crippen LogP) is 2.15. The maximum absolute atomic E-state index is 12.6. The number of benzene rings is 1. The van der Waals surface area contributed by atoms with Gasteiger partial charge in [-0.2, -0.15) is 0 Å². The summed E-state index contributed by atoms with van der Waals surface area (Å²) in [6.45, 7) is 5.54. The van der Waals surface area contributed by atoms with E-state index >= 15 is 0 Å². The van der Waals surface area contributed by atoms with Crippen LogP contribution in [0.1, 0.15) is 39.2 Å². The van der Waals surface area contributed by atoms with Crippen molar-refractivity contribution in [1.29, 1.82) is 0 Å². The van der Waals surface area contributed by atoms with Crippen molar-refractivity contribution in [2.24, 2.45) is 10.7 Å². The Kier molecular flexibility index (Phi) is 6.97. The van der Waals surface area contributed by atoms with Crippen molar-refractivity contribution in [2.75, 3.05) is 6.54 Å². The van der Waals surface area contributed by atoms with Crippen molar-refractivity contribution in [3.8, 4) is 0 Å². The summed E-state index contributed by atoms with van der Waals surface area (Å²) in [5.41, 5.74) is 5.94. The number of ether oxygens (including phenoxy) is 2. The quantitative estimate of drug-likeness (QED) is 0.602. The van der Waals surface area contributed by atoms with E-state index in [0.29, 0.717) is 19.4 Å². The number of amides is 3. The number of aliphatic imine (C=N–C) groups is 1. The molecule has 0 aromatic heterocycles. The fourth-order valence-electron chi connectivity index (χ4n) is 2.59. The van der Waals surface area contributed by atoms with Gasteiger partial charge in [0.15, 0.2) is 0 Å². The van der Waals surface area contributed by atoms with E-state index in [1.165, 1.54) is 0 Å². The lowest BCUT2D eigenvalue weighted by Gasteiger charge is -2.32. The summed E-state index contributed by atoms with van der Waals surface area (Å²) in [6, 6.07) is 8.32. The molecule has 0 spiro atoms. The lowest BCUT2D eigenvalue weighted by molar-refractivity contribution is -0.131. The van der Waals surface area contributed by atoms with Crippen LogP contribution < -0.4 is 11.1 Å². The van der Waals surface area contributed by atoms with Crippen LogP contribution in [0, 0.1) is 0 Å². The van der Waals surface area contributed by atoms with Crippen molar-refractivity contribution in [3.05, 3.63) is 35.9 Å². The molecule has 3 N–H and O–H groups in total. The highest BCUT2D eigenvalue weighted by Crippen LogP contribution is 2.14. The van der Waals surface area contributed by atoms with Crippen LogP contribution in [0.4, 0.5) is 9.59 Å². The number of nitrogens with two attached hydrogens (primary N) is 1. The van der Waals surface area contributed by atoms with Gasteiger partial charge in [-0.25, -0.2) is 9.59 Å². The van der Waals surface area contributed by atoms with E-state index in [1.54, 1.807) is 32.9 Å². The van der Waals surface area contributed by atoms with E-state index in [2.05, 4.69) is 10.3 Å². The fraction of sp³-hybridized carbons (Fsp3) is 0.474. The first-order valence-corrected chi connectivity index (χ1v) is 9.01. The zero-order valence-electron chi connectivity index (χ0n) is 16.3. The minimum Gasteiger partial charge on any atom is -0.444 e. The average molecular weight is 390 g/mol. The van der Waals surface area contributed by atoms with Crippen LogP contribution in [0.25, 0.3) is 0 Å². The fourth-order valence-corrected chi connectivity index (χ4v) is 2.59. The summed E-state index contributed by atoms with van der Waals surface area (Å²) in [5.74, 6) is -0.715. The van der Waals surface area contributed by atoms with Crippen molar-refractivity contribution in [1.82, 2.24) is 10.2 Å². The summed E-state index contributed by atoms with van der Waals surface area (Å²) in [7, 11) is 0. The molecule has 3 amide bonds. The highest BCUT2D eigenvalue weighted by molar-refractivity contribution is 6.03. The number of guanidine groups is 1. The molecule has 0 aliphatic carbocycles. The van der Waals surface area contributed by atoms with Crippen LogP contribution >= 0.6 is 0 Å². The molecule has 0 saturated carbocycles. The Hall–Kier alpha value is -3.10. The summed E-state index contributed by atoms with van der Waals surface area (Å²) in [5, 5.41) is 2.53. The van der Waals surface area contributed by atoms with Gasteiger partial charge in [0, 0.05) is 6.54 Å². The third kappa shape index (κ3) is 6.57. The van der Waals surface area contributed by atoms with Crippen molar-refractivity contribution < 1.29 is 23.9 Å². The maximum atomic E-state index is 12.6. The minimum absolute atomic E-state index is 0.0488. The van der Waals surface area contributed by atoms with E-state index in [-0.39, 0.29) is 12.6 Å². The van der Waals surface area contributed by atoms with Gasteiger partial charge < -0.3 is 20.5 Å². The Labute approximate surface area is 163 Å². The molecule has 2 rings (SSSR count). The number of hydrogen-bond donors (Lipinski definition) is 2. The van der Waals surface area contributed by atoms with Crippen LogP contribution in [-0.2, 0) is 20.9 Å². The van der Waals surface area contributed by atoms with Crippen LogP contribution in [0.15, 0.2) is 35.3 Å². The molecule has 1 saturated heterocycles. The zero-order chi connectivity index (χ0) is 20.7. The lowest BCUT2D eigenvalue weighted by Crippen LogP contribution is -2.56. The van der Waals surface area contributed by atoms with Crippen molar-refractivity contribution in [3.63, 3.8) is 0 Å². The Morgan fingerprint density at radius 1 is 1.29 bits per heavy atom. The van der Waals surface area contributed by atoms with Crippen LogP contribution in [0.5, 0.6) is 0 Å². The van der Waals surface area contributed by atoms with Gasteiger partial charge in [-0.3, -0.25) is 9.69 Å². The smallest absolute Gasteiger partial charge is 0.437 e. The predicted molar refractivity (Wildman–Crippen MR) is 102 cm³/mol. The number of rotatable bonds is 3. The van der Waals surface area contributed by atoms with Gasteiger partial charge in [-0.15, -0.1) is 4.99 Å². The molecule has 9 nitrogen and oxygen atoms in total. The summed E-state index contributed by atoms with van der Waals surface area (Å²) in [6.07, 6.45) is -0.552. The molecule has 28 heavy (non-hydrogen) atoms. The van der Waals surface area contributed by atoms with Gasteiger partial charge in [-0.1, -0.05) is 30.3 Å². The molecule has 1 aromatic carbocycles. The van der Waals surface area contributed by atoms with Gasteiger partial charge in [0.25, 0.3) is 5.91 Å². The SMILES string of the molecule is CC(C)(C)OC(=O)N[C@H]1CCCN(/C(N)=N\C(=O)OCc2ccccc2)C1=O. The first kappa shape index (κ1) is 21.2. The van der Waals surface area contributed by atoms with Gasteiger partial charge in [-0.05, 0) is 39.2 Å². The Morgan fingerprint density at radius 2 is 1.96 bits per heavy atom. The number of alkyl carbamates (subject to hydrolysis) is 1. The molecule has 1 aromatic rings. The number of hydrogen-bond acceptors (Lipinski definition) is 5. The summed E-state index contributed by atoms with van der Waals surface area (Å²) >= 11 is 0.